The summed E-state index contributed by atoms with van der Waals surface area (Å²) in [6.45, 7) is 0.178. The molecule has 10 nitrogen and oxygen atoms in total. The van der Waals surface area contributed by atoms with Crippen LogP contribution in [0.5, 0.6) is 0 Å². The number of hydrogen-bond donors (Lipinski definition) is 4. The molecule has 1 fully saturated rings. The zero-order valence-electron chi connectivity index (χ0n) is 11.2. The van der Waals surface area contributed by atoms with Gasteiger partial charge >= 0.3 is 13.5 Å². The Kier molecular flexibility index (Phi) is 4.39. The summed E-state index contributed by atoms with van der Waals surface area (Å²) in [7, 11) is -4.82. The fraction of sp³-hybridized carbons (Fsp3) is 0.600. The third-order valence-corrected chi connectivity index (χ3v) is 3.71. The molecule has 124 valence electrons. The molecule has 1 aliphatic heterocycles. The van der Waals surface area contributed by atoms with Gasteiger partial charge in [0.1, 0.15) is 12.2 Å². The Morgan fingerprint density at radius 2 is 2.18 bits per heavy atom. The summed E-state index contributed by atoms with van der Waals surface area (Å²) in [4.78, 5) is 41.8. The lowest BCUT2D eigenvalue weighted by Gasteiger charge is -2.24. The maximum Gasteiger partial charge on any atom is 0.469 e. The Bertz CT molecular complexity index is 709. The second-order valence-electron chi connectivity index (χ2n) is 4.93. The van der Waals surface area contributed by atoms with E-state index in [2.05, 4.69) is 4.52 Å². The van der Waals surface area contributed by atoms with E-state index >= 15 is 0 Å². The first kappa shape index (κ1) is 17.0. The summed E-state index contributed by atoms with van der Waals surface area (Å²) in [5, 5.41) is 9.87. The van der Waals surface area contributed by atoms with Crippen LogP contribution in [0, 0.1) is 0 Å². The fourth-order valence-electron chi connectivity index (χ4n) is 2.13. The lowest BCUT2D eigenvalue weighted by Crippen LogP contribution is -2.43. The molecule has 2 rings (SSSR count). The second-order valence-corrected chi connectivity index (χ2v) is 6.17. The molecule has 0 aliphatic carbocycles. The highest BCUT2D eigenvalue weighted by Crippen LogP contribution is 2.43. The molecule has 1 saturated heterocycles. The van der Waals surface area contributed by atoms with Gasteiger partial charge < -0.3 is 19.6 Å². The van der Waals surface area contributed by atoms with Crippen molar-refractivity contribution >= 4 is 7.82 Å². The molecule has 0 amide bonds. The minimum Gasteiger partial charge on any atom is -0.387 e. The van der Waals surface area contributed by atoms with Gasteiger partial charge in [-0.15, -0.1) is 0 Å². The molecular formula is C10H14FN2O8P. The number of aromatic nitrogens is 2. The van der Waals surface area contributed by atoms with E-state index in [1.165, 1.54) is 0 Å². The first-order chi connectivity index (χ1) is 10.0. The number of nitrogens with one attached hydrogen (secondary N) is 1. The van der Waals surface area contributed by atoms with E-state index < -0.39 is 49.8 Å². The van der Waals surface area contributed by atoms with Crippen molar-refractivity contribution in [2.75, 3.05) is 6.61 Å². The molecule has 4 N–H and O–H groups in total. The minimum atomic E-state index is -4.82. The Balaban J connectivity index is 2.28. The van der Waals surface area contributed by atoms with Gasteiger partial charge in [0.25, 0.3) is 5.56 Å². The molecule has 1 aromatic rings. The summed E-state index contributed by atoms with van der Waals surface area (Å²) < 4.78 is 35.3. The van der Waals surface area contributed by atoms with E-state index in [1.807, 2.05) is 4.98 Å². The Morgan fingerprint density at radius 3 is 2.73 bits per heavy atom. The van der Waals surface area contributed by atoms with Crippen LogP contribution >= 0.6 is 7.82 Å². The SMILES string of the molecule is CC1(F)C(n2ccc(=O)[nH]c2=O)OC(COP(=O)(O)O)[C@@H]1O. The Hall–Kier alpha value is -1.36. The van der Waals surface area contributed by atoms with Crippen molar-refractivity contribution in [1.29, 1.82) is 0 Å². The number of nitrogens with zero attached hydrogens (tertiary/aromatic N) is 1. The normalized spacial score (nSPS) is 32.3. The predicted molar refractivity (Wildman–Crippen MR) is 68.7 cm³/mol. The summed E-state index contributed by atoms with van der Waals surface area (Å²) in [5.74, 6) is 0. The number of aliphatic hydroxyl groups is 1. The summed E-state index contributed by atoms with van der Waals surface area (Å²) in [6, 6.07) is 0.965. The first-order valence-electron chi connectivity index (χ1n) is 6.06. The van der Waals surface area contributed by atoms with Crippen LogP contribution in [0.3, 0.4) is 0 Å². The lowest BCUT2D eigenvalue weighted by molar-refractivity contribution is -0.0605. The number of rotatable bonds is 4. The van der Waals surface area contributed by atoms with Gasteiger partial charge in [-0.05, 0) is 6.92 Å². The van der Waals surface area contributed by atoms with Crippen molar-refractivity contribution in [3.8, 4) is 0 Å². The molecule has 4 atom stereocenters. The summed E-state index contributed by atoms with van der Waals surface area (Å²) >= 11 is 0. The van der Waals surface area contributed by atoms with Gasteiger partial charge in [-0.25, -0.2) is 13.8 Å². The van der Waals surface area contributed by atoms with E-state index in [0.29, 0.717) is 0 Å². The van der Waals surface area contributed by atoms with Crippen molar-refractivity contribution in [2.45, 2.75) is 31.0 Å². The van der Waals surface area contributed by atoms with Gasteiger partial charge in [0.15, 0.2) is 11.9 Å². The number of hydrogen-bond acceptors (Lipinski definition) is 6. The van der Waals surface area contributed by atoms with Crippen LogP contribution < -0.4 is 11.2 Å². The number of H-pyrrole nitrogens is 1. The van der Waals surface area contributed by atoms with Crippen molar-refractivity contribution in [3.05, 3.63) is 33.1 Å². The number of ether oxygens (including phenoxy) is 1. The zero-order chi connectivity index (χ0) is 16.7. The molecule has 1 aliphatic rings. The van der Waals surface area contributed by atoms with Gasteiger partial charge in [0, 0.05) is 12.3 Å². The molecule has 0 spiro atoms. The largest absolute Gasteiger partial charge is 0.469 e. The maximum absolute atomic E-state index is 14.6. The zero-order valence-corrected chi connectivity index (χ0v) is 12.1. The molecule has 0 saturated carbocycles. The first-order valence-corrected chi connectivity index (χ1v) is 7.59. The molecule has 12 heteroatoms. The molecule has 1 aromatic heterocycles. The van der Waals surface area contributed by atoms with Crippen LogP contribution in [0.1, 0.15) is 13.2 Å². The van der Waals surface area contributed by atoms with Gasteiger partial charge in [-0.1, -0.05) is 0 Å². The van der Waals surface area contributed by atoms with E-state index in [4.69, 9.17) is 14.5 Å². The van der Waals surface area contributed by atoms with Gasteiger partial charge in [0.05, 0.1) is 6.61 Å². The third kappa shape index (κ3) is 3.35. The van der Waals surface area contributed by atoms with Gasteiger partial charge in [0.2, 0.25) is 0 Å². The average molecular weight is 340 g/mol. The molecule has 0 aromatic carbocycles. The van der Waals surface area contributed by atoms with Crippen LogP contribution in [-0.4, -0.2) is 48.9 Å². The Morgan fingerprint density at radius 1 is 1.55 bits per heavy atom. The second kappa shape index (κ2) is 5.69. The van der Waals surface area contributed by atoms with Crippen molar-refractivity contribution < 1.29 is 33.1 Å². The van der Waals surface area contributed by atoms with Gasteiger partial charge in [-0.2, -0.15) is 0 Å². The van der Waals surface area contributed by atoms with E-state index in [1.54, 1.807) is 0 Å². The number of alkyl halides is 1. The predicted octanol–water partition coefficient (Wildman–Crippen LogP) is -1.37. The number of phosphoric ester groups is 1. The van der Waals surface area contributed by atoms with Crippen LogP contribution in [0.25, 0.3) is 0 Å². The standard InChI is InChI=1S/C10H14FN2O8P/c1-10(11)7(15)5(4-20-22(17,18)19)21-8(10)13-3-2-6(14)12-9(13)16/h2-3,5,7-8,15H,4H2,1H3,(H,12,14,16)(H2,17,18,19)/t5?,7-,8?,10?/m0/s1. The quantitative estimate of drug-likeness (QED) is 0.490. The third-order valence-electron chi connectivity index (χ3n) is 3.23. The number of aliphatic hydroxyl groups excluding tert-OH is 1. The highest BCUT2D eigenvalue weighted by atomic mass is 31.2. The number of phosphoric acid groups is 1. The fourth-order valence-corrected chi connectivity index (χ4v) is 2.47. The van der Waals surface area contributed by atoms with Crippen molar-refractivity contribution in [1.82, 2.24) is 9.55 Å². The van der Waals surface area contributed by atoms with Crippen molar-refractivity contribution in [3.63, 3.8) is 0 Å². The maximum atomic E-state index is 14.6. The van der Waals surface area contributed by atoms with E-state index in [-0.39, 0.29) is 0 Å². The monoisotopic (exact) mass is 340 g/mol. The minimum absolute atomic E-state index is 0.693. The number of halogens is 1. The summed E-state index contributed by atoms with van der Waals surface area (Å²) in [5.41, 5.74) is -4.10. The van der Waals surface area contributed by atoms with E-state index in [9.17, 15) is 23.7 Å². The molecular weight excluding hydrogens is 326 g/mol. The van der Waals surface area contributed by atoms with Crippen LogP contribution in [-0.2, 0) is 13.8 Å². The van der Waals surface area contributed by atoms with Gasteiger partial charge in [-0.3, -0.25) is 18.9 Å². The van der Waals surface area contributed by atoms with Crippen molar-refractivity contribution in [2.24, 2.45) is 0 Å². The van der Waals surface area contributed by atoms with Crippen LogP contribution in [0.4, 0.5) is 4.39 Å². The average Bonchev–Trinajstić information content (AvgIpc) is 2.59. The van der Waals surface area contributed by atoms with Crippen LogP contribution in [0.15, 0.2) is 21.9 Å². The molecule has 3 unspecified atom stereocenters. The smallest absolute Gasteiger partial charge is 0.387 e. The molecule has 22 heavy (non-hydrogen) atoms. The van der Waals surface area contributed by atoms with E-state index in [0.717, 1.165) is 23.8 Å². The van der Waals surface area contributed by atoms with Crippen LogP contribution in [0.2, 0.25) is 0 Å². The summed E-state index contributed by atoms with van der Waals surface area (Å²) in [6.07, 6.45) is -3.82. The number of aromatic amines is 1. The lowest BCUT2D eigenvalue weighted by atomic mass is 9.98. The molecule has 2 heterocycles. The highest BCUT2D eigenvalue weighted by molar-refractivity contribution is 7.46. The highest BCUT2D eigenvalue weighted by Gasteiger charge is 2.55. The molecule has 0 bridgehead atoms. The molecule has 0 radical (unpaired) electrons. The Labute approximate surface area is 122 Å². The topological polar surface area (TPSA) is 151 Å².